The van der Waals surface area contributed by atoms with Crippen LogP contribution < -0.4 is 9.47 Å². The molecule has 0 bridgehead atoms. The first-order chi connectivity index (χ1) is 13.2. The maximum atomic E-state index is 13.1. The number of fused-ring (bicyclic) bond motifs is 1. The molecule has 0 radical (unpaired) electrons. The summed E-state index contributed by atoms with van der Waals surface area (Å²) >= 11 is 0. The van der Waals surface area contributed by atoms with Crippen LogP contribution >= 0.6 is 0 Å². The zero-order valence-electron chi connectivity index (χ0n) is 15.0. The number of carbonyl (C=O) groups is 1. The second-order valence-corrected chi connectivity index (χ2v) is 6.34. The van der Waals surface area contributed by atoms with Gasteiger partial charge in [-0.15, -0.1) is 0 Å². The molecular formula is C20H20N4O3. The Morgan fingerprint density at radius 1 is 1.11 bits per heavy atom. The summed E-state index contributed by atoms with van der Waals surface area (Å²) < 4.78 is 13.3. The van der Waals surface area contributed by atoms with E-state index in [0.717, 1.165) is 5.69 Å². The van der Waals surface area contributed by atoms with Crippen molar-refractivity contribution in [3.8, 4) is 11.8 Å². The molecule has 0 aliphatic carbocycles. The Morgan fingerprint density at radius 3 is 2.78 bits per heavy atom. The number of ether oxygens (including phenoxy) is 2. The average Bonchev–Trinajstić information content (AvgIpc) is 3.06. The summed E-state index contributed by atoms with van der Waals surface area (Å²) in [5.41, 5.74) is 1.65. The van der Waals surface area contributed by atoms with Crippen LogP contribution in [0.3, 0.4) is 0 Å². The van der Waals surface area contributed by atoms with Crippen LogP contribution in [-0.2, 0) is 13.1 Å². The van der Waals surface area contributed by atoms with Gasteiger partial charge in [0.05, 0.1) is 26.7 Å². The predicted molar refractivity (Wildman–Crippen MR) is 98.6 cm³/mol. The Morgan fingerprint density at radius 2 is 1.96 bits per heavy atom. The van der Waals surface area contributed by atoms with E-state index in [4.69, 9.17) is 9.47 Å². The lowest BCUT2D eigenvalue weighted by Gasteiger charge is -2.24. The SMILES string of the molecule is COc1cccc(C(=O)N2Cc3cccn3CC(Oc3ncccn3)C2)c1. The summed E-state index contributed by atoms with van der Waals surface area (Å²) in [5.74, 6) is 0.593. The van der Waals surface area contributed by atoms with Gasteiger partial charge in [-0.25, -0.2) is 9.97 Å². The number of hydrogen-bond donors (Lipinski definition) is 0. The monoisotopic (exact) mass is 364 g/mol. The van der Waals surface area contributed by atoms with Gasteiger partial charge in [0, 0.05) is 29.8 Å². The lowest BCUT2D eigenvalue weighted by molar-refractivity contribution is 0.0639. The smallest absolute Gasteiger partial charge is 0.316 e. The molecule has 1 aliphatic heterocycles. The van der Waals surface area contributed by atoms with E-state index >= 15 is 0 Å². The summed E-state index contributed by atoms with van der Waals surface area (Å²) in [7, 11) is 1.59. The number of aromatic nitrogens is 3. The van der Waals surface area contributed by atoms with Crippen molar-refractivity contribution in [3.63, 3.8) is 0 Å². The van der Waals surface area contributed by atoms with Gasteiger partial charge in [-0.2, -0.15) is 0 Å². The Hall–Kier alpha value is -3.35. The van der Waals surface area contributed by atoms with Crippen molar-refractivity contribution < 1.29 is 14.3 Å². The van der Waals surface area contributed by atoms with Crippen LogP contribution in [0.2, 0.25) is 0 Å². The molecule has 0 N–H and O–H groups in total. The second kappa shape index (κ2) is 7.49. The molecule has 3 heterocycles. The molecule has 2 aromatic heterocycles. The third-order valence-corrected chi connectivity index (χ3v) is 4.52. The van der Waals surface area contributed by atoms with Crippen molar-refractivity contribution in [2.75, 3.05) is 13.7 Å². The quantitative estimate of drug-likeness (QED) is 0.711. The van der Waals surface area contributed by atoms with Gasteiger partial charge < -0.3 is 18.9 Å². The van der Waals surface area contributed by atoms with E-state index < -0.39 is 0 Å². The third kappa shape index (κ3) is 3.76. The molecular weight excluding hydrogens is 344 g/mol. The fraction of sp³-hybridized carbons (Fsp3) is 0.250. The molecule has 0 saturated heterocycles. The first-order valence-corrected chi connectivity index (χ1v) is 8.74. The molecule has 7 nitrogen and oxygen atoms in total. The molecule has 0 saturated carbocycles. The molecule has 1 aromatic carbocycles. The number of methoxy groups -OCH3 is 1. The van der Waals surface area contributed by atoms with E-state index in [2.05, 4.69) is 14.5 Å². The van der Waals surface area contributed by atoms with Gasteiger partial charge in [-0.05, 0) is 36.4 Å². The Kier molecular flexibility index (Phi) is 4.74. The van der Waals surface area contributed by atoms with Gasteiger partial charge in [0.1, 0.15) is 11.9 Å². The molecule has 4 rings (SSSR count). The zero-order valence-corrected chi connectivity index (χ0v) is 15.0. The highest BCUT2D eigenvalue weighted by atomic mass is 16.5. The summed E-state index contributed by atoms with van der Waals surface area (Å²) in [6.45, 7) is 1.58. The van der Waals surface area contributed by atoms with Crippen LogP contribution in [0.4, 0.5) is 0 Å². The highest BCUT2D eigenvalue weighted by Gasteiger charge is 2.27. The van der Waals surface area contributed by atoms with Crippen molar-refractivity contribution in [1.29, 1.82) is 0 Å². The fourth-order valence-corrected chi connectivity index (χ4v) is 3.22. The van der Waals surface area contributed by atoms with Gasteiger partial charge in [0.25, 0.3) is 5.91 Å². The fourth-order valence-electron chi connectivity index (χ4n) is 3.22. The molecule has 3 aromatic rings. The number of rotatable bonds is 4. The summed E-state index contributed by atoms with van der Waals surface area (Å²) in [6, 6.07) is 13.2. The first-order valence-electron chi connectivity index (χ1n) is 8.74. The third-order valence-electron chi connectivity index (χ3n) is 4.52. The predicted octanol–water partition coefficient (Wildman–Crippen LogP) is 2.39. The summed E-state index contributed by atoms with van der Waals surface area (Å²) in [5, 5.41) is 0. The molecule has 0 spiro atoms. The molecule has 1 amide bonds. The van der Waals surface area contributed by atoms with E-state index in [9.17, 15) is 4.79 Å². The molecule has 0 fully saturated rings. The minimum atomic E-state index is -0.254. The first kappa shape index (κ1) is 17.1. The van der Waals surface area contributed by atoms with Gasteiger partial charge in [-0.1, -0.05) is 6.07 Å². The minimum absolute atomic E-state index is 0.0638. The Bertz CT molecular complexity index is 926. The van der Waals surface area contributed by atoms with Gasteiger partial charge in [0.2, 0.25) is 0 Å². The molecule has 1 aliphatic rings. The molecule has 7 heteroatoms. The van der Waals surface area contributed by atoms with Crippen molar-refractivity contribution in [3.05, 3.63) is 72.3 Å². The van der Waals surface area contributed by atoms with Crippen LogP contribution in [0.25, 0.3) is 0 Å². The van der Waals surface area contributed by atoms with Crippen LogP contribution in [0.1, 0.15) is 16.1 Å². The normalized spacial score (nSPS) is 16.3. The van der Waals surface area contributed by atoms with Crippen LogP contribution in [-0.4, -0.2) is 45.1 Å². The van der Waals surface area contributed by atoms with Gasteiger partial charge in [0.15, 0.2) is 0 Å². The van der Waals surface area contributed by atoms with Gasteiger partial charge in [-0.3, -0.25) is 4.79 Å². The van der Waals surface area contributed by atoms with Crippen LogP contribution in [0.5, 0.6) is 11.8 Å². The molecule has 1 unspecified atom stereocenters. The number of nitrogens with zero attached hydrogens (tertiary/aromatic N) is 4. The number of amides is 1. The van der Waals surface area contributed by atoms with Crippen molar-refractivity contribution >= 4 is 5.91 Å². The van der Waals surface area contributed by atoms with E-state index in [1.54, 1.807) is 42.6 Å². The van der Waals surface area contributed by atoms with Gasteiger partial charge >= 0.3 is 6.01 Å². The van der Waals surface area contributed by atoms with Crippen molar-refractivity contribution in [2.45, 2.75) is 19.2 Å². The van der Waals surface area contributed by atoms with E-state index in [1.807, 2.05) is 30.5 Å². The van der Waals surface area contributed by atoms with E-state index in [0.29, 0.717) is 37.0 Å². The van der Waals surface area contributed by atoms with Crippen molar-refractivity contribution in [1.82, 2.24) is 19.4 Å². The summed E-state index contributed by atoms with van der Waals surface area (Å²) in [4.78, 5) is 23.2. The Balaban J connectivity index is 1.60. The van der Waals surface area contributed by atoms with E-state index in [1.165, 1.54) is 0 Å². The van der Waals surface area contributed by atoms with Crippen LogP contribution in [0.15, 0.2) is 61.1 Å². The molecule has 1 atom stereocenters. The van der Waals surface area contributed by atoms with E-state index in [-0.39, 0.29) is 12.0 Å². The van der Waals surface area contributed by atoms with Crippen molar-refractivity contribution in [2.24, 2.45) is 0 Å². The second-order valence-electron chi connectivity index (χ2n) is 6.34. The maximum Gasteiger partial charge on any atom is 0.316 e. The average molecular weight is 364 g/mol. The highest BCUT2D eigenvalue weighted by Crippen LogP contribution is 2.20. The molecule has 27 heavy (non-hydrogen) atoms. The zero-order chi connectivity index (χ0) is 18.6. The lowest BCUT2D eigenvalue weighted by atomic mass is 10.1. The number of benzene rings is 1. The lowest BCUT2D eigenvalue weighted by Crippen LogP contribution is -2.38. The number of carbonyl (C=O) groups excluding carboxylic acids is 1. The molecule has 138 valence electrons. The van der Waals surface area contributed by atoms with Crippen LogP contribution in [0, 0.1) is 0 Å². The topological polar surface area (TPSA) is 69.5 Å². The largest absolute Gasteiger partial charge is 0.497 e. The summed E-state index contributed by atoms with van der Waals surface area (Å²) in [6.07, 6.45) is 5.02. The standard InChI is InChI=1S/C20H20N4O3/c1-26-17-7-2-5-15(11-17)19(25)24-12-16-6-3-10-23(16)13-18(14-24)27-20-21-8-4-9-22-20/h2-11,18H,12-14H2,1H3. The minimum Gasteiger partial charge on any atom is -0.497 e. The highest BCUT2D eigenvalue weighted by molar-refractivity contribution is 5.94. The maximum absolute atomic E-state index is 13.1. The Labute approximate surface area is 157 Å². The number of hydrogen-bond acceptors (Lipinski definition) is 5.